The predicted molar refractivity (Wildman–Crippen MR) is 95.0 cm³/mol. The van der Waals surface area contributed by atoms with Crippen LogP contribution in [0.5, 0.6) is 0 Å². The molecule has 1 heterocycles. The molecular weight excluding hydrogens is 319 g/mol. The summed E-state index contributed by atoms with van der Waals surface area (Å²) < 4.78 is 14.7. The van der Waals surface area contributed by atoms with Gasteiger partial charge < -0.3 is 9.88 Å². The molecule has 0 aliphatic heterocycles. The topological polar surface area (TPSA) is 51.1 Å². The average molecular weight is 336 g/mol. The fourth-order valence-corrected chi connectivity index (χ4v) is 2.56. The maximum Gasteiger partial charge on any atom is 0.274 e. The number of halogens is 1. The zero-order valence-electron chi connectivity index (χ0n) is 13.5. The normalized spacial score (nSPS) is 10.4. The molecule has 0 aliphatic carbocycles. The van der Waals surface area contributed by atoms with E-state index in [0.29, 0.717) is 12.1 Å². The van der Waals surface area contributed by atoms with Gasteiger partial charge in [0, 0.05) is 6.20 Å². The van der Waals surface area contributed by atoms with Crippen LogP contribution in [0.4, 0.5) is 10.1 Å². The SMILES string of the molecule is O=C(Cc1cccc(F)c1)Nc1cccn(Cc2ccccc2)c1=O. The van der Waals surface area contributed by atoms with Crippen LogP contribution in [0.3, 0.4) is 0 Å². The Morgan fingerprint density at radius 2 is 1.72 bits per heavy atom. The van der Waals surface area contributed by atoms with Crippen LogP contribution in [-0.2, 0) is 17.8 Å². The lowest BCUT2D eigenvalue weighted by molar-refractivity contribution is -0.115. The zero-order chi connectivity index (χ0) is 17.6. The highest BCUT2D eigenvalue weighted by Crippen LogP contribution is 2.07. The summed E-state index contributed by atoms with van der Waals surface area (Å²) in [5.41, 5.74) is 1.48. The second kappa shape index (κ2) is 7.57. The largest absolute Gasteiger partial charge is 0.321 e. The monoisotopic (exact) mass is 336 g/mol. The standard InChI is InChI=1S/C20H17FN2O2/c21-17-9-4-8-16(12-17)13-19(24)22-18-10-5-11-23(20(18)25)14-15-6-2-1-3-7-15/h1-12H,13-14H2,(H,22,24). The van der Waals surface area contributed by atoms with Crippen molar-refractivity contribution in [2.24, 2.45) is 0 Å². The highest BCUT2D eigenvalue weighted by atomic mass is 19.1. The summed E-state index contributed by atoms with van der Waals surface area (Å²) in [6.07, 6.45) is 1.68. The molecular formula is C20H17FN2O2. The van der Waals surface area contributed by atoms with Gasteiger partial charge in [0.25, 0.3) is 5.56 Å². The number of aromatic nitrogens is 1. The van der Waals surface area contributed by atoms with E-state index in [-0.39, 0.29) is 23.6 Å². The number of hydrogen-bond acceptors (Lipinski definition) is 2. The molecule has 3 aromatic rings. The number of anilines is 1. The second-order valence-electron chi connectivity index (χ2n) is 5.70. The molecule has 2 aromatic carbocycles. The van der Waals surface area contributed by atoms with Gasteiger partial charge in [0.2, 0.25) is 5.91 Å². The lowest BCUT2D eigenvalue weighted by Crippen LogP contribution is -2.26. The number of carbonyl (C=O) groups is 1. The van der Waals surface area contributed by atoms with Gasteiger partial charge in [-0.05, 0) is 35.4 Å². The fraction of sp³-hybridized carbons (Fsp3) is 0.100. The number of pyridine rings is 1. The highest BCUT2D eigenvalue weighted by Gasteiger charge is 2.09. The molecule has 1 N–H and O–H groups in total. The summed E-state index contributed by atoms with van der Waals surface area (Å²) in [5, 5.41) is 2.61. The van der Waals surface area contributed by atoms with Gasteiger partial charge in [-0.1, -0.05) is 42.5 Å². The second-order valence-corrected chi connectivity index (χ2v) is 5.70. The van der Waals surface area contributed by atoms with E-state index >= 15 is 0 Å². The molecule has 3 rings (SSSR count). The average Bonchev–Trinajstić information content (AvgIpc) is 2.59. The molecule has 1 amide bonds. The third-order valence-electron chi connectivity index (χ3n) is 3.74. The van der Waals surface area contributed by atoms with Crippen molar-refractivity contribution in [2.45, 2.75) is 13.0 Å². The van der Waals surface area contributed by atoms with Gasteiger partial charge in [-0.25, -0.2) is 4.39 Å². The molecule has 0 saturated heterocycles. The molecule has 0 fully saturated rings. The molecule has 0 atom stereocenters. The molecule has 0 unspecified atom stereocenters. The Morgan fingerprint density at radius 1 is 0.960 bits per heavy atom. The van der Waals surface area contributed by atoms with Crippen LogP contribution in [0.15, 0.2) is 77.7 Å². The maximum absolute atomic E-state index is 13.2. The summed E-state index contributed by atoms with van der Waals surface area (Å²) in [7, 11) is 0. The van der Waals surface area contributed by atoms with E-state index in [4.69, 9.17) is 0 Å². The van der Waals surface area contributed by atoms with E-state index in [1.807, 2.05) is 30.3 Å². The number of amides is 1. The first kappa shape index (κ1) is 16.6. The summed E-state index contributed by atoms with van der Waals surface area (Å²) in [6.45, 7) is 0.424. The summed E-state index contributed by atoms with van der Waals surface area (Å²) in [6, 6.07) is 18.7. The van der Waals surface area contributed by atoms with Crippen LogP contribution in [0, 0.1) is 5.82 Å². The third kappa shape index (κ3) is 4.41. The Bertz CT molecular complexity index is 936. The van der Waals surface area contributed by atoms with Gasteiger partial charge in [0.1, 0.15) is 11.5 Å². The van der Waals surface area contributed by atoms with Crippen LogP contribution >= 0.6 is 0 Å². The van der Waals surface area contributed by atoms with Crippen molar-refractivity contribution in [3.63, 3.8) is 0 Å². The van der Waals surface area contributed by atoms with E-state index < -0.39 is 5.82 Å². The number of benzene rings is 2. The predicted octanol–water partition coefficient (Wildman–Crippen LogP) is 3.22. The quantitative estimate of drug-likeness (QED) is 0.778. The Hall–Kier alpha value is -3.21. The summed E-state index contributed by atoms with van der Waals surface area (Å²) in [4.78, 5) is 24.6. The van der Waals surface area contributed by atoms with Gasteiger partial charge in [0.05, 0.1) is 13.0 Å². The first-order chi connectivity index (χ1) is 12.1. The van der Waals surface area contributed by atoms with Gasteiger partial charge >= 0.3 is 0 Å². The minimum absolute atomic E-state index is 0.00474. The first-order valence-corrected chi connectivity index (χ1v) is 7.89. The fourth-order valence-electron chi connectivity index (χ4n) is 2.56. The Labute approximate surface area is 144 Å². The van der Waals surface area contributed by atoms with E-state index in [9.17, 15) is 14.0 Å². The molecule has 0 aliphatic rings. The smallest absolute Gasteiger partial charge is 0.274 e. The van der Waals surface area contributed by atoms with E-state index in [1.54, 1.807) is 30.5 Å². The van der Waals surface area contributed by atoms with E-state index in [1.165, 1.54) is 16.7 Å². The molecule has 25 heavy (non-hydrogen) atoms. The van der Waals surface area contributed by atoms with Gasteiger partial charge in [0.15, 0.2) is 0 Å². The van der Waals surface area contributed by atoms with Crippen LogP contribution in [0.2, 0.25) is 0 Å². The van der Waals surface area contributed by atoms with Crippen molar-refractivity contribution in [1.29, 1.82) is 0 Å². The molecule has 5 heteroatoms. The molecule has 0 bridgehead atoms. The third-order valence-corrected chi connectivity index (χ3v) is 3.74. The molecule has 126 valence electrons. The molecule has 0 spiro atoms. The minimum Gasteiger partial charge on any atom is -0.321 e. The molecule has 0 radical (unpaired) electrons. The Kier molecular flexibility index (Phi) is 5.04. The van der Waals surface area contributed by atoms with Crippen LogP contribution in [0.1, 0.15) is 11.1 Å². The first-order valence-electron chi connectivity index (χ1n) is 7.89. The lowest BCUT2D eigenvalue weighted by atomic mass is 10.1. The summed E-state index contributed by atoms with van der Waals surface area (Å²) >= 11 is 0. The molecule has 0 saturated carbocycles. The van der Waals surface area contributed by atoms with Gasteiger partial charge in [-0.15, -0.1) is 0 Å². The van der Waals surface area contributed by atoms with Crippen LogP contribution in [-0.4, -0.2) is 10.5 Å². The highest BCUT2D eigenvalue weighted by molar-refractivity contribution is 5.92. The Balaban J connectivity index is 1.73. The van der Waals surface area contributed by atoms with Crippen molar-refractivity contribution in [3.05, 3.63) is 100 Å². The number of rotatable bonds is 5. The summed E-state index contributed by atoms with van der Waals surface area (Å²) in [5.74, 6) is -0.754. The van der Waals surface area contributed by atoms with Gasteiger partial charge in [-0.2, -0.15) is 0 Å². The van der Waals surface area contributed by atoms with Crippen LogP contribution < -0.4 is 10.9 Å². The minimum atomic E-state index is -0.393. The zero-order valence-corrected chi connectivity index (χ0v) is 13.5. The number of nitrogens with one attached hydrogen (secondary N) is 1. The van der Waals surface area contributed by atoms with Crippen molar-refractivity contribution < 1.29 is 9.18 Å². The van der Waals surface area contributed by atoms with Gasteiger partial charge in [-0.3, -0.25) is 9.59 Å². The Morgan fingerprint density at radius 3 is 2.48 bits per heavy atom. The maximum atomic E-state index is 13.2. The number of nitrogens with zero attached hydrogens (tertiary/aromatic N) is 1. The number of hydrogen-bond donors (Lipinski definition) is 1. The molecule has 4 nitrogen and oxygen atoms in total. The van der Waals surface area contributed by atoms with Crippen molar-refractivity contribution in [3.8, 4) is 0 Å². The van der Waals surface area contributed by atoms with Crippen molar-refractivity contribution in [2.75, 3.05) is 5.32 Å². The van der Waals surface area contributed by atoms with Crippen LogP contribution in [0.25, 0.3) is 0 Å². The molecule has 1 aromatic heterocycles. The van der Waals surface area contributed by atoms with Crippen molar-refractivity contribution in [1.82, 2.24) is 4.57 Å². The van der Waals surface area contributed by atoms with E-state index in [2.05, 4.69) is 5.32 Å². The van der Waals surface area contributed by atoms with E-state index in [0.717, 1.165) is 5.56 Å². The lowest BCUT2D eigenvalue weighted by Gasteiger charge is -2.09. The van der Waals surface area contributed by atoms with Crippen molar-refractivity contribution >= 4 is 11.6 Å². The number of carbonyl (C=O) groups excluding carboxylic acids is 1.